The van der Waals surface area contributed by atoms with Gasteiger partial charge >= 0.3 is 0 Å². The summed E-state index contributed by atoms with van der Waals surface area (Å²) < 4.78 is 1.78. The number of fused-ring (bicyclic) bond motifs is 1. The average Bonchev–Trinajstić information content (AvgIpc) is 3.55. The normalized spacial score (nSPS) is 13.6. The van der Waals surface area contributed by atoms with Crippen molar-refractivity contribution in [1.29, 1.82) is 0 Å². The third-order valence-corrected chi connectivity index (χ3v) is 5.42. The fourth-order valence-corrected chi connectivity index (χ4v) is 3.69. The Morgan fingerprint density at radius 1 is 1.06 bits per heavy atom. The largest absolute Gasteiger partial charge is 0.298 e. The molecule has 31 heavy (non-hydrogen) atoms. The first-order valence-corrected chi connectivity index (χ1v) is 10.5. The van der Waals surface area contributed by atoms with E-state index in [-0.39, 0.29) is 11.8 Å². The molecule has 0 aliphatic heterocycles. The summed E-state index contributed by atoms with van der Waals surface area (Å²) >= 11 is 0. The van der Waals surface area contributed by atoms with Gasteiger partial charge in [0, 0.05) is 37.0 Å². The summed E-state index contributed by atoms with van der Waals surface area (Å²) in [6, 6.07) is 18.4. The number of hydrogen-bond donors (Lipinski definition) is 1. The van der Waals surface area contributed by atoms with Crippen LogP contribution in [0, 0.1) is 5.92 Å². The highest BCUT2D eigenvalue weighted by Gasteiger charge is 2.30. The van der Waals surface area contributed by atoms with Crippen LogP contribution in [0.1, 0.15) is 24.0 Å². The quantitative estimate of drug-likeness (QED) is 0.500. The van der Waals surface area contributed by atoms with E-state index >= 15 is 0 Å². The van der Waals surface area contributed by atoms with Crippen LogP contribution in [-0.4, -0.2) is 37.4 Å². The first-order chi connectivity index (χ1) is 15.2. The number of rotatable bonds is 7. The van der Waals surface area contributed by atoms with E-state index in [4.69, 9.17) is 0 Å². The first kappa shape index (κ1) is 19.4. The van der Waals surface area contributed by atoms with Gasteiger partial charge in [0.05, 0.1) is 5.69 Å². The van der Waals surface area contributed by atoms with E-state index in [2.05, 4.69) is 62.7 Å². The lowest BCUT2D eigenvalue weighted by Gasteiger charge is -2.17. The Bertz CT molecular complexity index is 1200. The zero-order chi connectivity index (χ0) is 21.2. The summed E-state index contributed by atoms with van der Waals surface area (Å²) in [6.07, 6.45) is 5.60. The Morgan fingerprint density at radius 2 is 1.87 bits per heavy atom. The second-order valence-electron chi connectivity index (χ2n) is 8.11. The van der Waals surface area contributed by atoms with E-state index < -0.39 is 0 Å². The minimum Gasteiger partial charge on any atom is -0.298 e. The minimum absolute atomic E-state index is 0.0113. The molecule has 1 aliphatic rings. The number of benzene rings is 1. The molecule has 156 valence electrons. The molecule has 1 aromatic carbocycles. The Labute approximate surface area is 180 Å². The van der Waals surface area contributed by atoms with Crippen molar-refractivity contribution in [1.82, 2.24) is 24.5 Å². The standard InChI is InChI=1S/C24H24N6O/c1-29(16-18-4-3-13-25-14-18)15-17-7-9-19(10-8-17)21-5-2-6-22-26-24(28-30(21)22)27-23(31)20-11-12-20/h2-10,13-14,20H,11-12,15-16H2,1H3,(H,27,28,31). The summed E-state index contributed by atoms with van der Waals surface area (Å²) in [5.74, 6) is 0.491. The number of amides is 1. The molecule has 0 saturated heterocycles. The molecule has 7 heteroatoms. The third-order valence-electron chi connectivity index (χ3n) is 5.42. The molecule has 4 aromatic rings. The predicted octanol–water partition coefficient (Wildman–Crippen LogP) is 3.77. The molecule has 7 nitrogen and oxygen atoms in total. The number of aromatic nitrogens is 4. The predicted molar refractivity (Wildman–Crippen MR) is 119 cm³/mol. The van der Waals surface area contributed by atoms with Crippen molar-refractivity contribution in [2.75, 3.05) is 12.4 Å². The molecule has 1 aliphatic carbocycles. The Kier molecular flexibility index (Phi) is 5.18. The Hall–Kier alpha value is -3.58. The average molecular weight is 412 g/mol. The molecule has 1 amide bonds. The van der Waals surface area contributed by atoms with E-state index in [1.54, 1.807) is 10.7 Å². The Balaban J connectivity index is 1.32. The van der Waals surface area contributed by atoms with Crippen LogP contribution >= 0.6 is 0 Å². The van der Waals surface area contributed by atoms with E-state index in [1.165, 1.54) is 11.1 Å². The summed E-state index contributed by atoms with van der Waals surface area (Å²) in [5, 5.41) is 7.35. The van der Waals surface area contributed by atoms with Gasteiger partial charge in [-0.25, -0.2) is 4.52 Å². The summed E-state index contributed by atoms with van der Waals surface area (Å²) in [7, 11) is 2.11. The molecular weight excluding hydrogens is 388 g/mol. The van der Waals surface area contributed by atoms with Gasteiger partial charge in [-0.3, -0.25) is 20.0 Å². The van der Waals surface area contributed by atoms with E-state index in [1.807, 2.05) is 30.5 Å². The van der Waals surface area contributed by atoms with Crippen LogP contribution in [0.25, 0.3) is 16.9 Å². The van der Waals surface area contributed by atoms with Crippen molar-refractivity contribution in [3.05, 3.63) is 78.1 Å². The molecule has 5 rings (SSSR count). The number of hydrogen-bond acceptors (Lipinski definition) is 5. The van der Waals surface area contributed by atoms with Crippen LogP contribution in [-0.2, 0) is 17.9 Å². The summed E-state index contributed by atoms with van der Waals surface area (Å²) in [6.45, 7) is 1.70. The monoisotopic (exact) mass is 412 g/mol. The van der Waals surface area contributed by atoms with Crippen molar-refractivity contribution in [2.45, 2.75) is 25.9 Å². The van der Waals surface area contributed by atoms with Crippen LogP contribution < -0.4 is 5.32 Å². The summed E-state index contributed by atoms with van der Waals surface area (Å²) in [4.78, 5) is 22.9. The van der Waals surface area contributed by atoms with Gasteiger partial charge in [0.25, 0.3) is 0 Å². The molecule has 0 radical (unpaired) electrons. The third kappa shape index (κ3) is 4.46. The zero-order valence-electron chi connectivity index (χ0n) is 17.4. The second kappa shape index (κ2) is 8.28. The van der Waals surface area contributed by atoms with Crippen molar-refractivity contribution in [3.63, 3.8) is 0 Å². The highest BCUT2D eigenvalue weighted by Crippen LogP contribution is 2.30. The number of pyridine rings is 2. The van der Waals surface area contributed by atoms with Crippen LogP contribution in [0.2, 0.25) is 0 Å². The van der Waals surface area contributed by atoms with Crippen molar-refractivity contribution >= 4 is 17.5 Å². The lowest BCUT2D eigenvalue weighted by Crippen LogP contribution is -2.17. The van der Waals surface area contributed by atoms with Gasteiger partial charge in [0.2, 0.25) is 11.9 Å². The number of anilines is 1. The van der Waals surface area contributed by atoms with Crippen LogP contribution in [0.4, 0.5) is 5.95 Å². The highest BCUT2D eigenvalue weighted by molar-refractivity contribution is 5.92. The van der Waals surface area contributed by atoms with Crippen molar-refractivity contribution in [3.8, 4) is 11.3 Å². The lowest BCUT2D eigenvalue weighted by molar-refractivity contribution is -0.117. The van der Waals surface area contributed by atoms with Gasteiger partial charge in [-0.2, -0.15) is 4.98 Å². The van der Waals surface area contributed by atoms with Gasteiger partial charge in [0.15, 0.2) is 5.65 Å². The van der Waals surface area contributed by atoms with E-state index in [0.29, 0.717) is 11.6 Å². The van der Waals surface area contributed by atoms with Gasteiger partial charge in [0.1, 0.15) is 0 Å². The van der Waals surface area contributed by atoms with Gasteiger partial charge in [-0.05, 0) is 49.2 Å². The fourth-order valence-electron chi connectivity index (χ4n) is 3.69. The second-order valence-corrected chi connectivity index (χ2v) is 8.11. The van der Waals surface area contributed by atoms with Gasteiger partial charge in [-0.15, -0.1) is 5.10 Å². The molecule has 1 N–H and O–H groups in total. The number of carbonyl (C=O) groups excluding carboxylic acids is 1. The number of carbonyl (C=O) groups is 1. The minimum atomic E-state index is 0.0113. The maximum absolute atomic E-state index is 12.0. The molecular formula is C24H24N6O. The first-order valence-electron chi connectivity index (χ1n) is 10.5. The van der Waals surface area contributed by atoms with Gasteiger partial charge < -0.3 is 0 Å². The number of nitrogens with one attached hydrogen (secondary N) is 1. The molecule has 0 atom stereocenters. The van der Waals surface area contributed by atoms with Crippen molar-refractivity contribution < 1.29 is 4.79 Å². The molecule has 0 bridgehead atoms. The molecule has 3 aromatic heterocycles. The zero-order valence-corrected chi connectivity index (χ0v) is 17.4. The van der Waals surface area contributed by atoms with Gasteiger partial charge in [-0.1, -0.05) is 36.4 Å². The maximum atomic E-state index is 12.0. The SMILES string of the molecule is CN(Cc1ccc(-c2cccc3nc(NC(=O)C4CC4)nn23)cc1)Cc1cccnc1. The van der Waals surface area contributed by atoms with Crippen LogP contribution in [0.5, 0.6) is 0 Å². The fraction of sp³-hybridized carbons (Fsp3) is 0.250. The Morgan fingerprint density at radius 3 is 2.61 bits per heavy atom. The molecule has 3 heterocycles. The number of nitrogens with zero attached hydrogens (tertiary/aromatic N) is 5. The smallest absolute Gasteiger partial charge is 0.249 e. The van der Waals surface area contributed by atoms with Crippen molar-refractivity contribution in [2.24, 2.45) is 5.92 Å². The molecule has 0 spiro atoms. The molecule has 1 fully saturated rings. The maximum Gasteiger partial charge on any atom is 0.249 e. The van der Waals surface area contributed by atoms with E-state index in [0.717, 1.165) is 37.2 Å². The molecule has 0 unspecified atom stereocenters. The summed E-state index contributed by atoms with van der Waals surface area (Å²) in [5.41, 5.74) is 5.13. The highest BCUT2D eigenvalue weighted by atomic mass is 16.2. The molecule has 1 saturated carbocycles. The lowest BCUT2D eigenvalue weighted by atomic mass is 10.1. The van der Waals surface area contributed by atoms with E-state index in [9.17, 15) is 4.79 Å². The van der Waals surface area contributed by atoms with Crippen LogP contribution in [0.3, 0.4) is 0 Å². The van der Waals surface area contributed by atoms with Crippen LogP contribution in [0.15, 0.2) is 67.0 Å². The topological polar surface area (TPSA) is 75.4 Å².